The van der Waals surface area contributed by atoms with Crippen molar-refractivity contribution in [2.75, 3.05) is 0 Å². The number of halogens is 1. The summed E-state index contributed by atoms with van der Waals surface area (Å²) in [4.78, 5) is 26.4. The van der Waals surface area contributed by atoms with Gasteiger partial charge in [-0.25, -0.2) is 0 Å². The molecule has 0 saturated heterocycles. The Balaban J connectivity index is 2.08. The van der Waals surface area contributed by atoms with Gasteiger partial charge in [-0.1, -0.05) is 49.6 Å². The van der Waals surface area contributed by atoms with Gasteiger partial charge < -0.3 is 10.2 Å². The quantitative estimate of drug-likeness (QED) is 0.864. The van der Waals surface area contributed by atoms with Gasteiger partial charge in [0, 0.05) is 24.0 Å². The Labute approximate surface area is 143 Å². The zero-order valence-corrected chi connectivity index (χ0v) is 14.6. The fourth-order valence-electron chi connectivity index (χ4n) is 2.99. The fourth-order valence-corrected chi connectivity index (χ4v) is 3.18. The maximum absolute atomic E-state index is 12.5. The minimum absolute atomic E-state index is 0.0426. The van der Waals surface area contributed by atoms with E-state index in [0.29, 0.717) is 18.0 Å². The Morgan fingerprint density at radius 1 is 1.30 bits per heavy atom. The van der Waals surface area contributed by atoms with E-state index in [2.05, 4.69) is 5.32 Å². The van der Waals surface area contributed by atoms with Gasteiger partial charge in [0.25, 0.3) is 0 Å². The van der Waals surface area contributed by atoms with E-state index >= 15 is 0 Å². The van der Waals surface area contributed by atoms with E-state index in [4.69, 9.17) is 11.6 Å². The van der Waals surface area contributed by atoms with Crippen molar-refractivity contribution in [3.05, 3.63) is 34.9 Å². The second-order valence-electron chi connectivity index (χ2n) is 6.13. The molecule has 5 heteroatoms. The van der Waals surface area contributed by atoms with Crippen molar-refractivity contribution >= 4 is 23.4 Å². The minimum atomic E-state index is -0.501. The molecule has 0 unspecified atom stereocenters. The van der Waals surface area contributed by atoms with Crippen molar-refractivity contribution in [3.8, 4) is 0 Å². The number of amides is 2. The minimum Gasteiger partial charge on any atom is -0.352 e. The van der Waals surface area contributed by atoms with E-state index in [9.17, 15) is 9.59 Å². The number of carbonyl (C=O) groups excluding carboxylic acids is 2. The lowest BCUT2D eigenvalue weighted by atomic mass is 10.1. The molecule has 1 atom stereocenters. The molecular weight excluding hydrogens is 312 g/mol. The molecule has 1 aliphatic carbocycles. The zero-order chi connectivity index (χ0) is 16.8. The Kier molecular flexibility index (Phi) is 6.46. The highest BCUT2D eigenvalue weighted by molar-refractivity contribution is 6.31. The standard InChI is InChI=1S/C18H25ClN2O2/c1-3-17(22)21(12-14-8-4-7-11-16(14)19)13(2)18(23)20-15-9-5-6-10-15/h4,7-8,11,13,15H,3,5-6,9-10,12H2,1-2H3,(H,20,23)/t13-/m0/s1. The summed E-state index contributed by atoms with van der Waals surface area (Å²) in [7, 11) is 0. The fraction of sp³-hybridized carbons (Fsp3) is 0.556. The van der Waals surface area contributed by atoms with Gasteiger partial charge in [-0.3, -0.25) is 9.59 Å². The third-order valence-electron chi connectivity index (χ3n) is 4.47. The van der Waals surface area contributed by atoms with Crippen LogP contribution in [0.25, 0.3) is 0 Å². The van der Waals surface area contributed by atoms with Crippen LogP contribution in [-0.4, -0.2) is 28.8 Å². The molecule has 2 rings (SSSR count). The maximum atomic E-state index is 12.5. The summed E-state index contributed by atoms with van der Waals surface area (Å²) < 4.78 is 0. The molecule has 1 fully saturated rings. The van der Waals surface area contributed by atoms with Crippen LogP contribution in [0.4, 0.5) is 0 Å². The van der Waals surface area contributed by atoms with Crippen molar-refractivity contribution in [3.63, 3.8) is 0 Å². The summed E-state index contributed by atoms with van der Waals surface area (Å²) in [5.41, 5.74) is 0.858. The highest BCUT2D eigenvalue weighted by atomic mass is 35.5. The molecule has 2 amide bonds. The van der Waals surface area contributed by atoms with Crippen molar-refractivity contribution in [1.82, 2.24) is 10.2 Å². The number of rotatable bonds is 6. The van der Waals surface area contributed by atoms with Gasteiger partial charge in [0.1, 0.15) is 6.04 Å². The van der Waals surface area contributed by atoms with Crippen LogP contribution >= 0.6 is 11.6 Å². The summed E-state index contributed by atoms with van der Waals surface area (Å²) in [6, 6.07) is 7.19. The molecule has 1 saturated carbocycles. The first-order valence-corrected chi connectivity index (χ1v) is 8.74. The molecule has 4 nitrogen and oxygen atoms in total. The molecule has 0 radical (unpaired) electrons. The molecule has 0 heterocycles. The van der Waals surface area contributed by atoms with Crippen LogP contribution in [0.15, 0.2) is 24.3 Å². The van der Waals surface area contributed by atoms with Crippen LogP contribution in [-0.2, 0) is 16.1 Å². The third kappa shape index (κ3) is 4.71. The Morgan fingerprint density at radius 3 is 2.57 bits per heavy atom. The first-order valence-electron chi connectivity index (χ1n) is 8.36. The molecule has 0 spiro atoms. The van der Waals surface area contributed by atoms with Gasteiger partial charge in [-0.05, 0) is 31.4 Å². The van der Waals surface area contributed by atoms with Gasteiger partial charge in [-0.15, -0.1) is 0 Å². The smallest absolute Gasteiger partial charge is 0.242 e. The number of nitrogens with zero attached hydrogens (tertiary/aromatic N) is 1. The molecule has 126 valence electrons. The van der Waals surface area contributed by atoms with Crippen molar-refractivity contribution in [2.24, 2.45) is 0 Å². The third-order valence-corrected chi connectivity index (χ3v) is 4.84. The molecule has 1 aliphatic rings. The molecular formula is C18H25ClN2O2. The second-order valence-corrected chi connectivity index (χ2v) is 6.54. The lowest BCUT2D eigenvalue weighted by Crippen LogP contribution is -2.49. The number of carbonyl (C=O) groups is 2. The molecule has 0 aromatic heterocycles. The van der Waals surface area contributed by atoms with Gasteiger partial charge in [-0.2, -0.15) is 0 Å². The largest absolute Gasteiger partial charge is 0.352 e. The van der Waals surface area contributed by atoms with Gasteiger partial charge in [0.15, 0.2) is 0 Å². The van der Waals surface area contributed by atoms with E-state index in [-0.39, 0.29) is 17.9 Å². The molecule has 1 aromatic rings. The van der Waals surface area contributed by atoms with E-state index in [1.807, 2.05) is 25.1 Å². The summed E-state index contributed by atoms with van der Waals surface area (Å²) in [6.07, 6.45) is 4.76. The number of hydrogen-bond donors (Lipinski definition) is 1. The number of hydrogen-bond acceptors (Lipinski definition) is 2. The van der Waals surface area contributed by atoms with Crippen LogP contribution in [0.5, 0.6) is 0 Å². The summed E-state index contributed by atoms with van der Waals surface area (Å²) >= 11 is 6.20. The van der Waals surface area contributed by atoms with E-state index < -0.39 is 6.04 Å². The highest BCUT2D eigenvalue weighted by Gasteiger charge is 2.27. The van der Waals surface area contributed by atoms with Crippen LogP contribution in [0.1, 0.15) is 51.5 Å². The maximum Gasteiger partial charge on any atom is 0.242 e. The first kappa shape index (κ1) is 17.8. The van der Waals surface area contributed by atoms with Crippen LogP contribution in [0.2, 0.25) is 5.02 Å². The Bertz CT molecular complexity index is 556. The Hall–Kier alpha value is -1.55. The number of benzene rings is 1. The molecule has 1 N–H and O–H groups in total. The highest BCUT2D eigenvalue weighted by Crippen LogP contribution is 2.20. The van der Waals surface area contributed by atoms with E-state index in [1.165, 1.54) is 0 Å². The predicted octanol–water partition coefficient (Wildman–Crippen LogP) is 3.53. The lowest BCUT2D eigenvalue weighted by Gasteiger charge is -2.29. The normalized spacial score (nSPS) is 16.1. The molecule has 0 aliphatic heterocycles. The topological polar surface area (TPSA) is 49.4 Å². The summed E-state index contributed by atoms with van der Waals surface area (Å²) in [6.45, 7) is 3.95. The summed E-state index contributed by atoms with van der Waals surface area (Å²) in [5.74, 6) is -0.121. The zero-order valence-electron chi connectivity index (χ0n) is 13.8. The van der Waals surface area contributed by atoms with E-state index in [0.717, 1.165) is 31.2 Å². The van der Waals surface area contributed by atoms with Gasteiger partial charge >= 0.3 is 0 Å². The average Bonchev–Trinajstić information content (AvgIpc) is 3.05. The second kappa shape index (κ2) is 8.34. The first-order chi connectivity index (χ1) is 11.0. The number of nitrogens with one attached hydrogen (secondary N) is 1. The Morgan fingerprint density at radius 2 is 1.96 bits per heavy atom. The van der Waals surface area contributed by atoms with Crippen LogP contribution < -0.4 is 5.32 Å². The SMILES string of the molecule is CCC(=O)N(Cc1ccccc1Cl)[C@@H](C)C(=O)NC1CCCC1. The average molecular weight is 337 g/mol. The van der Waals surface area contributed by atoms with Gasteiger partial charge in [0.05, 0.1) is 0 Å². The molecule has 23 heavy (non-hydrogen) atoms. The van der Waals surface area contributed by atoms with Gasteiger partial charge in [0.2, 0.25) is 11.8 Å². The lowest BCUT2D eigenvalue weighted by molar-refractivity contribution is -0.140. The monoisotopic (exact) mass is 336 g/mol. The van der Waals surface area contributed by atoms with Crippen molar-refractivity contribution in [2.45, 2.75) is 64.6 Å². The summed E-state index contributed by atoms with van der Waals surface area (Å²) in [5, 5.41) is 3.69. The van der Waals surface area contributed by atoms with Crippen molar-refractivity contribution < 1.29 is 9.59 Å². The van der Waals surface area contributed by atoms with E-state index in [1.54, 1.807) is 17.9 Å². The van der Waals surface area contributed by atoms with Crippen molar-refractivity contribution in [1.29, 1.82) is 0 Å². The molecule has 0 bridgehead atoms. The molecule has 1 aromatic carbocycles. The predicted molar refractivity (Wildman–Crippen MR) is 92.2 cm³/mol. The van der Waals surface area contributed by atoms with Crippen LogP contribution in [0, 0.1) is 0 Å². The van der Waals surface area contributed by atoms with Crippen LogP contribution in [0.3, 0.4) is 0 Å².